The Hall–Kier alpha value is -2.43. The number of hydrogen-bond acceptors (Lipinski definition) is 5. The maximum Gasteiger partial charge on any atom is 0.251 e. The molecule has 2 aliphatic heterocycles. The summed E-state index contributed by atoms with van der Waals surface area (Å²) in [5.41, 5.74) is 0.971. The number of nitrogens with one attached hydrogen (secondary N) is 1. The van der Waals surface area contributed by atoms with Crippen LogP contribution in [0, 0.1) is 11.3 Å². The van der Waals surface area contributed by atoms with Crippen LogP contribution in [0.1, 0.15) is 25.3 Å². The average Bonchev–Trinajstić information content (AvgIpc) is 3.22. The molecule has 1 aromatic carbocycles. The second-order valence-corrected chi connectivity index (χ2v) is 6.69. The Kier molecular flexibility index (Phi) is 5.86. The normalized spacial score (nSPS) is 21.8. The van der Waals surface area contributed by atoms with Crippen molar-refractivity contribution in [2.75, 3.05) is 38.1 Å². The summed E-state index contributed by atoms with van der Waals surface area (Å²) in [7, 11) is 0. The molecule has 2 aliphatic rings. The number of piperazine rings is 1. The van der Waals surface area contributed by atoms with Crippen LogP contribution < -0.4 is 5.32 Å². The van der Waals surface area contributed by atoms with Crippen LogP contribution in [0.2, 0.25) is 0 Å². The number of ether oxygens (including phenoxy) is 1. The summed E-state index contributed by atoms with van der Waals surface area (Å²) in [6, 6.07) is 8.70. The third-order valence-electron chi connectivity index (χ3n) is 5.06. The number of benzene rings is 1. The molecule has 3 rings (SSSR count). The van der Waals surface area contributed by atoms with Crippen LogP contribution in [-0.4, -0.2) is 66.5 Å². The molecule has 2 saturated heterocycles. The molecule has 2 amide bonds. The van der Waals surface area contributed by atoms with E-state index in [0.717, 1.165) is 12.8 Å². The average molecular weight is 356 g/mol. The molecule has 0 radical (unpaired) electrons. The predicted octanol–water partition coefficient (Wildman–Crippen LogP) is 1.21. The Morgan fingerprint density at radius 1 is 1.27 bits per heavy atom. The first-order valence-electron chi connectivity index (χ1n) is 9.04. The first-order valence-corrected chi connectivity index (χ1v) is 9.04. The van der Waals surface area contributed by atoms with E-state index in [1.807, 2.05) is 11.8 Å². The first-order chi connectivity index (χ1) is 12.6. The molecule has 2 heterocycles. The van der Waals surface area contributed by atoms with E-state index in [2.05, 4.69) is 16.3 Å². The van der Waals surface area contributed by atoms with Crippen LogP contribution in [-0.2, 0) is 14.3 Å². The number of para-hydroxylation sites is 1. The summed E-state index contributed by atoms with van der Waals surface area (Å²) < 4.78 is 5.47. The highest BCUT2D eigenvalue weighted by Crippen LogP contribution is 2.18. The summed E-state index contributed by atoms with van der Waals surface area (Å²) in [5.74, 6) is -0.0752. The van der Waals surface area contributed by atoms with Gasteiger partial charge in [-0.3, -0.25) is 14.5 Å². The minimum Gasteiger partial charge on any atom is -0.368 e. The fourth-order valence-electron chi connectivity index (χ4n) is 3.40. The molecule has 7 nitrogen and oxygen atoms in total. The van der Waals surface area contributed by atoms with Gasteiger partial charge < -0.3 is 15.0 Å². The maximum absolute atomic E-state index is 12.5. The molecule has 1 N–H and O–H groups in total. The summed E-state index contributed by atoms with van der Waals surface area (Å²) >= 11 is 0. The maximum atomic E-state index is 12.5. The van der Waals surface area contributed by atoms with Gasteiger partial charge in [0.15, 0.2) is 0 Å². The number of nitriles is 1. The van der Waals surface area contributed by atoms with Gasteiger partial charge in [-0.1, -0.05) is 12.1 Å². The van der Waals surface area contributed by atoms with E-state index >= 15 is 0 Å². The molecule has 0 unspecified atom stereocenters. The second kappa shape index (κ2) is 8.30. The highest BCUT2D eigenvalue weighted by Gasteiger charge is 2.32. The van der Waals surface area contributed by atoms with E-state index in [-0.39, 0.29) is 24.0 Å². The minimum absolute atomic E-state index is 0.0715. The topological polar surface area (TPSA) is 85.7 Å². The van der Waals surface area contributed by atoms with Gasteiger partial charge in [-0.25, -0.2) is 0 Å². The zero-order valence-corrected chi connectivity index (χ0v) is 15.0. The lowest BCUT2D eigenvalue weighted by atomic mass is 10.1. The standard InChI is InChI=1S/C19H24N4O3/c1-14(18(24)21-16-6-3-2-5-15(16)13-20)22-8-10-23(11-9-22)19(25)17-7-4-12-26-17/h2-3,5-6,14,17H,4,7-12H2,1H3,(H,21,24)/t14-,17+/m1/s1. The van der Waals surface area contributed by atoms with Crippen LogP contribution in [0.15, 0.2) is 24.3 Å². The van der Waals surface area contributed by atoms with Gasteiger partial charge in [-0.15, -0.1) is 0 Å². The third-order valence-corrected chi connectivity index (χ3v) is 5.06. The highest BCUT2D eigenvalue weighted by atomic mass is 16.5. The van der Waals surface area contributed by atoms with Crippen LogP contribution in [0.25, 0.3) is 0 Å². The highest BCUT2D eigenvalue weighted by molar-refractivity contribution is 5.95. The van der Waals surface area contributed by atoms with Crippen molar-refractivity contribution in [3.63, 3.8) is 0 Å². The molecule has 2 atom stereocenters. The van der Waals surface area contributed by atoms with Crippen molar-refractivity contribution in [1.82, 2.24) is 9.80 Å². The van der Waals surface area contributed by atoms with Gasteiger partial charge in [0.2, 0.25) is 5.91 Å². The summed E-state index contributed by atoms with van der Waals surface area (Å²) in [5, 5.41) is 12.0. The zero-order valence-electron chi connectivity index (χ0n) is 15.0. The number of carbonyl (C=O) groups is 2. The van der Waals surface area contributed by atoms with Gasteiger partial charge in [-0.2, -0.15) is 5.26 Å². The molecule has 0 saturated carbocycles. The summed E-state index contributed by atoms with van der Waals surface area (Å²) in [6.45, 7) is 5.01. The molecule has 0 spiro atoms. The molecule has 0 aromatic heterocycles. The molecule has 138 valence electrons. The second-order valence-electron chi connectivity index (χ2n) is 6.69. The lowest BCUT2D eigenvalue weighted by Gasteiger charge is -2.38. The van der Waals surface area contributed by atoms with Crippen molar-refractivity contribution in [3.8, 4) is 6.07 Å². The minimum atomic E-state index is -0.332. The molecule has 26 heavy (non-hydrogen) atoms. The van der Waals surface area contributed by atoms with E-state index in [4.69, 9.17) is 10.00 Å². The third kappa shape index (κ3) is 4.03. The van der Waals surface area contributed by atoms with Gasteiger partial charge >= 0.3 is 0 Å². The predicted molar refractivity (Wildman–Crippen MR) is 96.4 cm³/mol. The largest absolute Gasteiger partial charge is 0.368 e. The van der Waals surface area contributed by atoms with Crippen LogP contribution in [0.4, 0.5) is 5.69 Å². The van der Waals surface area contributed by atoms with Crippen LogP contribution in [0.5, 0.6) is 0 Å². The summed E-state index contributed by atoms with van der Waals surface area (Å²) in [6.07, 6.45) is 1.46. The smallest absolute Gasteiger partial charge is 0.251 e. The molecule has 7 heteroatoms. The zero-order chi connectivity index (χ0) is 18.5. The Balaban J connectivity index is 1.53. The lowest BCUT2D eigenvalue weighted by molar-refractivity contribution is -0.143. The van der Waals surface area contributed by atoms with E-state index in [1.54, 1.807) is 24.3 Å². The van der Waals surface area contributed by atoms with E-state index < -0.39 is 0 Å². The van der Waals surface area contributed by atoms with Gasteiger partial charge in [0.05, 0.1) is 17.3 Å². The number of nitrogens with zero attached hydrogens (tertiary/aromatic N) is 3. The van der Waals surface area contributed by atoms with Gasteiger partial charge in [0.25, 0.3) is 5.91 Å². The van der Waals surface area contributed by atoms with Crippen molar-refractivity contribution in [3.05, 3.63) is 29.8 Å². The van der Waals surface area contributed by atoms with Gasteiger partial charge in [-0.05, 0) is 31.9 Å². The van der Waals surface area contributed by atoms with Crippen LogP contribution in [0.3, 0.4) is 0 Å². The number of rotatable bonds is 4. The Labute approximate surface area is 153 Å². The monoisotopic (exact) mass is 356 g/mol. The molecular formula is C19H24N4O3. The molecule has 1 aromatic rings. The van der Waals surface area contributed by atoms with Crippen molar-refractivity contribution in [2.45, 2.75) is 31.9 Å². The molecule has 2 fully saturated rings. The Morgan fingerprint density at radius 2 is 2.00 bits per heavy atom. The van der Waals surface area contributed by atoms with Gasteiger partial charge in [0.1, 0.15) is 12.2 Å². The summed E-state index contributed by atoms with van der Waals surface area (Å²) in [4.78, 5) is 28.8. The van der Waals surface area contributed by atoms with Crippen molar-refractivity contribution in [2.24, 2.45) is 0 Å². The fraction of sp³-hybridized carbons (Fsp3) is 0.526. The SMILES string of the molecule is C[C@H](C(=O)Nc1ccccc1C#N)N1CCN(C(=O)[C@@H]2CCCO2)CC1. The van der Waals surface area contributed by atoms with Crippen molar-refractivity contribution < 1.29 is 14.3 Å². The van der Waals surface area contributed by atoms with Crippen molar-refractivity contribution >= 4 is 17.5 Å². The Bertz CT molecular complexity index is 701. The Morgan fingerprint density at radius 3 is 2.65 bits per heavy atom. The number of carbonyl (C=O) groups excluding carboxylic acids is 2. The number of hydrogen-bond donors (Lipinski definition) is 1. The van der Waals surface area contributed by atoms with E-state index in [0.29, 0.717) is 44.0 Å². The lowest BCUT2D eigenvalue weighted by Crippen LogP contribution is -2.55. The number of amides is 2. The number of anilines is 1. The molecule has 0 bridgehead atoms. The van der Waals surface area contributed by atoms with E-state index in [1.165, 1.54) is 0 Å². The quantitative estimate of drug-likeness (QED) is 0.876. The van der Waals surface area contributed by atoms with Gasteiger partial charge in [0, 0.05) is 32.8 Å². The first kappa shape index (κ1) is 18.4. The molecular weight excluding hydrogens is 332 g/mol. The van der Waals surface area contributed by atoms with Crippen molar-refractivity contribution in [1.29, 1.82) is 5.26 Å². The fourth-order valence-corrected chi connectivity index (χ4v) is 3.40. The van der Waals surface area contributed by atoms with E-state index in [9.17, 15) is 9.59 Å². The van der Waals surface area contributed by atoms with Crippen LogP contribution >= 0.6 is 0 Å². The molecule has 0 aliphatic carbocycles.